The summed E-state index contributed by atoms with van der Waals surface area (Å²) in [6.07, 6.45) is 2.18. The Morgan fingerprint density at radius 1 is 1.39 bits per heavy atom. The zero-order valence-corrected chi connectivity index (χ0v) is 11.0. The second kappa shape index (κ2) is 6.80. The predicted octanol–water partition coefficient (Wildman–Crippen LogP) is 3.10. The maximum atomic E-state index is 11.9. The molecule has 0 aliphatic carbocycles. The van der Waals surface area contributed by atoms with Crippen molar-refractivity contribution in [3.05, 3.63) is 35.9 Å². The number of unbranched alkanes of at least 4 members (excludes halogenated alkanes) is 1. The quantitative estimate of drug-likeness (QED) is 0.571. The fourth-order valence-corrected chi connectivity index (χ4v) is 1.63. The van der Waals surface area contributed by atoms with Crippen LogP contribution < -0.4 is 0 Å². The Labute approximate surface area is 108 Å². The molecule has 0 N–H and O–H groups in total. The highest BCUT2D eigenvalue weighted by Gasteiger charge is 2.35. The molecule has 0 amide bonds. The van der Waals surface area contributed by atoms with Crippen LogP contribution in [0, 0.1) is 16.7 Å². The molecule has 0 aliphatic heterocycles. The summed E-state index contributed by atoms with van der Waals surface area (Å²) >= 11 is 0. The van der Waals surface area contributed by atoms with Gasteiger partial charge >= 0.3 is 5.97 Å². The zero-order valence-electron chi connectivity index (χ0n) is 11.0. The summed E-state index contributed by atoms with van der Waals surface area (Å²) < 4.78 is 5.15. The van der Waals surface area contributed by atoms with E-state index in [0.717, 1.165) is 18.4 Å². The number of nitrogens with zero attached hydrogens (tertiary/aromatic N) is 1. The van der Waals surface area contributed by atoms with Crippen molar-refractivity contribution in [3.63, 3.8) is 0 Å². The van der Waals surface area contributed by atoms with Crippen LogP contribution in [0.25, 0.3) is 0 Å². The molecular weight excluding hydrogens is 226 g/mol. The molecule has 0 heterocycles. The average Bonchev–Trinajstić information content (AvgIpc) is 2.40. The molecule has 0 aromatic heterocycles. The molecule has 18 heavy (non-hydrogen) atoms. The van der Waals surface area contributed by atoms with Gasteiger partial charge in [0.1, 0.15) is 0 Å². The lowest BCUT2D eigenvalue weighted by Crippen LogP contribution is -2.31. The molecule has 1 unspecified atom stereocenters. The van der Waals surface area contributed by atoms with Gasteiger partial charge in [-0.3, -0.25) is 4.79 Å². The summed E-state index contributed by atoms with van der Waals surface area (Å²) in [5.74, 6) is -0.428. The average molecular weight is 245 g/mol. The van der Waals surface area contributed by atoms with Crippen LogP contribution >= 0.6 is 0 Å². The van der Waals surface area contributed by atoms with Gasteiger partial charge in [-0.1, -0.05) is 43.7 Å². The number of benzene rings is 1. The SMILES string of the molecule is CCCCOC(=O)C(C)(C#N)Cc1ccccc1. The number of hydrogen-bond donors (Lipinski definition) is 0. The Morgan fingerprint density at radius 3 is 2.61 bits per heavy atom. The summed E-state index contributed by atoms with van der Waals surface area (Å²) in [5.41, 5.74) is -0.135. The number of carbonyl (C=O) groups is 1. The predicted molar refractivity (Wildman–Crippen MR) is 69.7 cm³/mol. The number of carbonyl (C=O) groups excluding carboxylic acids is 1. The molecule has 3 nitrogen and oxygen atoms in total. The van der Waals surface area contributed by atoms with E-state index in [1.54, 1.807) is 6.92 Å². The van der Waals surface area contributed by atoms with E-state index in [9.17, 15) is 10.1 Å². The molecule has 1 aromatic rings. The van der Waals surface area contributed by atoms with Gasteiger partial charge in [-0.15, -0.1) is 0 Å². The summed E-state index contributed by atoms with van der Waals surface area (Å²) in [6.45, 7) is 4.05. The molecule has 0 bridgehead atoms. The largest absolute Gasteiger partial charge is 0.465 e. The minimum absolute atomic E-state index is 0.384. The topological polar surface area (TPSA) is 50.1 Å². The lowest BCUT2D eigenvalue weighted by atomic mass is 9.85. The Hall–Kier alpha value is -1.82. The van der Waals surface area contributed by atoms with E-state index in [4.69, 9.17) is 4.74 Å². The standard InChI is InChI=1S/C15H19NO2/c1-3-4-10-18-14(17)15(2,12-16)11-13-8-6-5-7-9-13/h5-9H,3-4,10-11H2,1-2H3. The van der Waals surface area contributed by atoms with E-state index in [0.29, 0.717) is 13.0 Å². The fourth-order valence-electron chi connectivity index (χ4n) is 1.63. The number of ether oxygens (including phenoxy) is 1. The third kappa shape index (κ3) is 3.89. The number of hydrogen-bond acceptors (Lipinski definition) is 3. The highest BCUT2D eigenvalue weighted by atomic mass is 16.5. The van der Waals surface area contributed by atoms with Gasteiger partial charge in [0.25, 0.3) is 0 Å². The molecular formula is C15H19NO2. The van der Waals surface area contributed by atoms with Crippen LogP contribution in [0.2, 0.25) is 0 Å². The monoisotopic (exact) mass is 245 g/mol. The first-order chi connectivity index (χ1) is 8.62. The third-order valence-electron chi connectivity index (χ3n) is 2.83. The Morgan fingerprint density at radius 2 is 2.06 bits per heavy atom. The van der Waals surface area contributed by atoms with Crippen LogP contribution in [0.15, 0.2) is 30.3 Å². The van der Waals surface area contributed by atoms with Crippen molar-refractivity contribution in [3.8, 4) is 6.07 Å². The van der Waals surface area contributed by atoms with E-state index in [1.165, 1.54) is 0 Å². The molecule has 1 rings (SSSR count). The smallest absolute Gasteiger partial charge is 0.326 e. The second-order valence-electron chi connectivity index (χ2n) is 4.60. The maximum absolute atomic E-state index is 11.9. The highest BCUT2D eigenvalue weighted by Crippen LogP contribution is 2.23. The summed E-state index contributed by atoms with van der Waals surface area (Å²) in [5, 5.41) is 9.22. The molecule has 0 saturated carbocycles. The van der Waals surface area contributed by atoms with E-state index in [-0.39, 0.29) is 0 Å². The first kappa shape index (κ1) is 14.2. The van der Waals surface area contributed by atoms with Crippen molar-refractivity contribution >= 4 is 5.97 Å². The van der Waals surface area contributed by atoms with Crippen LogP contribution in [0.5, 0.6) is 0 Å². The van der Waals surface area contributed by atoms with E-state index in [2.05, 4.69) is 6.07 Å². The molecule has 0 saturated heterocycles. The van der Waals surface area contributed by atoms with Crippen molar-refractivity contribution in [2.24, 2.45) is 5.41 Å². The van der Waals surface area contributed by atoms with Crippen molar-refractivity contribution in [2.75, 3.05) is 6.61 Å². The molecule has 1 atom stereocenters. The van der Waals surface area contributed by atoms with Crippen LogP contribution in [0.1, 0.15) is 32.3 Å². The molecule has 96 valence electrons. The molecule has 0 spiro atoms. The van der Waals surface area contributed by atoms with E-state index >= 15 is 0 Å². The van der Waals surface area contributed by atoms with Gasteiger partial charge in [0.05, 0.1) is 12.7 Å². The van der Waals surface area contributed by atoms with Gasteiger partial charge in [0, 0.05) is 6.42 Å². The molecule has 0 radical (unpaired) electrons. The van der Waals surface area contributed by atoms with Crippen molar-refractivity contribution in [2.45, 2.75) is 33.1 Å². The summed E-state index contributed by atoms with van der Waals surface area (Å²) in [6, 6.07) is 11.6. The Balaban J connectivity index is 2.68. The summed E-state index contributed by atoms with van der Waals surface area (Å²) in [4.78, 5) is 11.9. The minimum Gasteiger partial charge on any atom is -0.465 e. The van der Waals surface area contributed by atoms with Crippen LogP contribution in [0.3, 0.4) is 0 Å². The van der Waals surface area contributed by atoms with Crippen LogP contribution in [-0.2, 0) is 16.0 Å². The first-order valence-electron chi connectivity index (χ1n) is 6.25. The lowest BCUT2D eigenvalue weighted by Gasteiger charge is -2.19. The number of esters is 1. The van der Waals surface area contributed by atoms with E-state index in [1.807, 2.05) is 37.3 Å². The van der Waals surface area contributed by atoms with Gasteiger partial charge < -0.3 is 4.74 Å². The second-order valence-corrected chi connectivity index (χ2v) is 4.60. The third-order valence-corrected chi connectivity index (χ3v) is 2.83. The van der Waals surface area contributed by atoms with Crippen molar-refractivity contribution < 1.29 is 9.53 Å². The molecule has 0 aliphatic rings. The van der Waals surface area contributed by atoms with E-state index < -0.39 is 11.4 Å². The molecule has 3 heteroatoms. The number of rotatable bonds is 6. The van der Waals surface area contributed by atoms with Crippen LogP contribution in [-0.4, -0.2) is 12.6 Å². The zero-order chi connectivity index (χ0) is 13.4. The van der Waals surface area contributed by atoms with Gasteiger partial charge in [-0.25, -0.2) is 0 Å². The van der Waals surface area contributed by atoms with Gasteiger partial charge in [0.2, 0.25) is 0 Å². The minimum atomic E-state index is -1.10. The number of nitriles is 1. The fraction of sp³-hybridized carbons (Fsp3) is 0.467. The van der Waals surface area contributed by atoms with Crippen LogP contribution in [0.4, 0.5) is 0 Å². The van der Waals surface area contributed by atoms with Gasteiger partial charge in [-0.05, 0) is 18.9 Å². The maximum Gasteiger partial charge on any atom is 0.326 e. The molecule has 0 fully saturated rings. The van der Waals surface area contributed by atoms with Crippen molar-refractivity contribution in [1.29, 1.82) is 5.26 Å². The highest BCUT2D eigenvalue weighted by molar-refractivity contribution is 5.80. The van der Waals surface area contributed by atoms with Crippen molar-refractivity contribution in [1.82, 2.24) is 0 Å². The first-order valence-corrected chi connectivity index (χ1v) is 6.25. The van der Waals surface area contributed by atoms with Gasteiger partial charge in [-0.2, -0.15) is 5.26 Å². The normalized spacial score (nSPS) is 13.4. The Bertz CT molecular complexity index is 422. The molecule has 1 aromatic carbocycles. The Kier molecular flexibility index (Phi) is 5.38. The van der Waals surface area contributed by atoms with Gasteiger partial charge in [0.15, 0.2) is 5.41 Å². The summed E-state index contributed by atoms with van der Waals surface area (Å²) in [7, 11) is 0. The lowest BCUT2D eigenvalue weighted by molar-refractivity contribution is -0.151.